The summed E-state index contributed by atoms with van der Waals surface area (Å²) >= 11 is 0. The van der Waals surface area contributed by atoms with Crippen LogP contribution in [0.25, 0.3) is 0 Å². The molecule has 0 aliphatic heterocycles. The Bertz CT molecular complexity index is 962. The van der Waals surface area contributed by atoms with E-state index >= 15 is 0 Å². The van der Waals surface area contributed by atoms with E-state index in [4.69, 9.17) is 4.74 Å². The zero-order valence-electron chi connectivity index (χ0n) is 22.5. The third kappa shape index (κ3) is 4.06. The average Bonchev–Trinajstić information content (AvgIpc) is 3.16. The molecule has 194 valence electrons. The maximum atomic E-state index is 13.9. The Hall–Kier alpha value is -1.75. The molecule has 4 aliphatic rings. The molecule has 5 nitrogen and oxygen atoms in total. The van der Waals surface area contributed by atoms with Crippen LogP contribution in [0.15, 0.2) is 23.3 Å². The molecular formula is C30H44O5. The molecule has 0 amide bonds. The highest BCUT2D eigenvalue weighted by Gasteiger charge is 2.61. The summed E-state index contributed by atoms with van der Waals surface area (Å²) in [5.41, 5.74) is 2.34. The van der Waals surface area contributed by atoms with Gasteiger partial charge in [-0.2, -0.15) is 0 Å². The van der Waals surface area contributed by atoms with Crippen LogP contribution in [0.2, 0.25) is 0 Å². The molecule has 0 saturated heterocycles. The fourth-order valence-corrected chi connectivity index (χ4v) is 8.67. The van der Waals surface area contributed by atoms with E-state index in [-0.39, 0.29) is 52.0 Å². The van der Waals surface area contributed by atoms with Crippen molar-refractivity contribution in [1.82, 2.24) is 0 Å². The molecule has 4 aliphatic carbocycles. The van der Waals surface area contributed by atoms with Gasteiger partial charge in [0.25, 0.3) is 0 Å². The van der Waals surface area contributed by atoms with Gasteiger partial charge in [0, 0.05) is 29.7 Å². The maximum absolute atomic E-state index is 13.9. The summed E-state index contributed by atoms with van der Waals surface area (Å²) in [6.45, 7) is 14.7. The van der Waals surface area contributed by atoms with Gasteiger partial charge in [-0.1, -0.05) is 39.8 Å². The van der Waals surface area contributed by atoms with Crippen molar-refractivity contribution < 1.29 is 24.2 Å². The largest absolute Gasteiger partial charge is 0.469 e. The Morgan fingerprint density at radius 3 is 2.57 bits per heavy atom. The first kappa shape index (κ1) is 26.3. The first-order valence-corrected chi connectivity index (χ1v) is 13.6. The molecular weight excluding hydrogens is 440 g/mol. The van der Waals surface area contributed by atoms with Crippen molar-refractivity contribution in [3.8, 4) is 0 Å². The molecule has 9 atom stereocenters. The first-order chi connectivity index (χ1) is 16.4. The molecule has 0 bridgehead atoms. The van der Waals surface area contributed by atoms with Gasteiger partial charge >= 0.3 is 5.97 Å². The summed E-state index contributed by atoms with van der Waals surface area (Å²) in [5, 5.41) is 11.4. The fourth-order valence-electron chi connectivity index (χ4n) is 8.67. The van der Waals surface area contributed by atoms with Crippen LogP contribution in [0.4, 0.5) is 0 Å². The average molecular weight is 485 g/mol. The molecule has 0 aromatic rings. The van der Waals surface area contributed by atoms with Crippen molar-refractivity contribution >= 4 is 17.5 Å². The number of allylic oxidation sites excluding steroid dienone is 1. The number of aliphatic hydroxyl groups excluding tert-OH is 1. The van der Waals surface area contributed by atoms with Crippen molar-refractivity contribution in [2.45, 2.75) is 92.1 Å². The van der Waals surface area contributed by atoms with E-state index in [0.29, 0.717) is 31.1 Å². The molecule has 4 rings (SSSR count). The lowest BCUT2D eigenvalue weighted by Crippen LogP contribution is -2.54. The van der Waals surface area contributed by atoms with Gasteiger partial charge in [0.2, 0.25) is 0 Å². The number of ketones is 2. The first-order valence-electron chi connectivity index (χ1n) is 13.6. The van der Waals surface area contributed by atoms with Crippen molar-refractivity contribution in [3.05, 3.63) is 23.3 Å². The number of esters is 1. The quantitative estimate of drug-likeness (QED) is 0.400. The standard InChI is InChI=1S/C30H44O5/c1-16(18(3)28(34)35-7)8-9-17(2)20-10-11-21-26-24(32)14-22-19(4)23(31)12-13-29(22,5)27(26)25(33)15-30(20,21)6/h17-22,24,32H,1,8-15H2,2-7H3/t17-,18+,19+,20-,21+,22+,24+,29+,30-/m1/s1. The number of ether oxygens (including phenoxy) is 1. The Balaban J connectivity index is 1.58. The molecule has 2 fully saturated rings. The number of methoxy groups -OCH3 is 1. The van der Waals surface area contributed by atoms with Gasteiger partial charge in [-0.05, 0) is 80.1 Å². The second kappa shape index (κ2) is 9.28. The monoisotopic (exact) mass is 484 g/mol. The van der Waals surface area contributed by atoms with Crippen LogP contribution in [-0.2, 0) is 19.1 Å². The number of Topliss-reactive ketones (excluding diaryl/α,β-unsaturated/α-hetero) is 2. The third-order valence-electron chi connectivity index (χ3n) is 10.9. The summed E-state index contributed by atoms with van der Waals surface area (Å²) in [6.07, 6.45) is 5.50. The zero-order chi connectivity index (χ0) is 25.9. The number of fused-ring (bicyclic) bond motifs is 4. The van der Waals surface area contributed by atoms with E-state index in [1.807, 2.05) is 13.8 Å². The van der Waals surface area contributed by atoms with Gasteiger partial charge in [0.05, 0.1) is 19.1 Å². The highest BCUT2D eigenvalue weighted by Crippen LogP contribution is 2.65. The van der Waals surface area contributed by atoms with Gasteiger partial charge in [-0.15, -0.1) is 0 Å². The van der Waals surface area contributed by atoms with Crippen molar-refractivity contribution in [2.24, 2.45) is 46.3 Å². The van der Waals surface area contributed by atoms with E-state index in [9.17, 15) is 19.5 Å². The zero-order valence-corrected chi connectivity index (χ0v) is 22.5. The van der Waals surface area contributed by atoms with Crippen molar-refractivity contribution in [1.29, 1.82) is 0 Å². The van der Waals surface area contributed by atoms with Crippen LogP contribution in [-0.4, -0.2) is 35.9 Å². The molecule has 0 aromatic carbocycles. The molecule has 2 saturated carbocycles. The molecule has 0 spiro atoms. The van der Waals surface area contributed by atoms with Crippen LogP contribution in [0, 0.1) is 46.3 Å². The Kier molecular flexibility index (Phi) is 6.98. The van der Waals surface area contributed by atoms with E-state index in [0.717, 1.165) is 48.8 Å². The number of hydrogen-bond donors (Lipinski definition) is 1. The molecule has 0 unspecified atom stereocenters. The Morgan fingerprint density at radius 2 is 1.91 bits per heavy atom. The molecule has 0 radical (unpaired) electrons. The van der Waals surface area contributed by atoms with Crippen LogP contribution >= 0.6 is 0 Å². The van der Waals surface area contributed by atoms with Crippen LogP contribution in [0.3, 0.4) is 0 Å². The SMILES string of the molecule is C=C(CC[C@@H](C)[C@H]1CC[C@H]2C3=C(C(=O)C[C@]12C)[C@@]1(C)CCC(=O)[C@@H](C)[C@@H]1C[C@@H]3O)[C@H](C)C(=O)OC. The summed E-state index contributed by atoms with van der Waals surface area (Å²) in [4.78, 5) is 38.3. The summed E-state index contributed by atoms with van der Waals surface area (Å²) in [7, 11) is 1.41. The second-order valence-electron chi connectivity index (χ2n) is 12.6. The van der Waals surface area contributed by atoms with Gasteiger partial charge < -0.3 is 9.84 Å². The highest BCUT2D eigenvalue weighted by molar-refractivity contribution is 6.00. The van der Waals surface area contributed by atoms with E-state index in [1.54, 1.807) is 0 Å². The summed E-state index contributed by atoms with van der Waals surface area (Å²) in [6, 6.07) is 0. The van der Waals surface area contributed by atoms with Gasteiger partial charge in [-0.3, -0.25) is 14.4 Å². The predicted molar refractivity (Wildman–Crippen MR) is 135 cm³/mol. The number of hydrogen-bond acceptors (Lipinski definition) is 5. The number of carbonyl (C=O) groups is 3. The number of rotatable bonds is 6. The molecule has 5 heteroatoms. The lowest BCUT2D eigenvalue weighted by molar-refractivity contribution is -0.143. The minimum absolute atomic E-state index is 0.0461. The van der Waals surface area contributed by atoms with E-state index < -0.39 is 6.10 Å². The fraction of sp³-hybridized carbons (Fsp3) is 0.767. The van der Waals surface area contributed by atoms with Gasteiger partial charge in [-0.25, -0.2) is 0 Å². The lowest BCUT2D eigenvalue weighted by Gasteiger charge is -2.55. The molecule has 1 N–H and O–H groups in total. The van der Waals surface area contributed by atoms with Crippen molar-refractivity contribution in [2.75, 3.05) is 7.11 Å². The van der Waals surface area contributed by atoms with Gasteiger partial charge in [0.15, 0.2) is 5.78 Å². The summed E-state index contributed by atoms with van der Waals surface area (Å²) < 4.78 is 4.87. The third-order valence-corrected chi connectivity index (χ3v) is 10.9. The van der Waals surface area contributed by atoms with Crippen LogP contribution < -0.4 is 0 Å². The Labute approximate surface area is 210 Å². The smallest absolute Gasteiger partial charge is 0.312 e. The van der Waals surface area contributed by atoms with E-state index in [1.165, 1.54) is 7.11 Å². The molecule has 0 aromatic heterocycles. The lowest BCUT2D eigenvalue weighted by atomic mass is 9.48. The minimum atomic E-state index is -0.625. The predicted octanol–water partition coefficient (Wildman–Crippen LogP) is 5.46. The van der Waals surface area contributed by atoms with Crippen LogP contribution in [0.1, 0.15) is 86.0 Å². The Morgan fingerprint density at radius 1 is 1.23 bits per heavy atom. The normalized spacial score (nSPS) is 40.5. The molecule has 35 heavy (non-hydrogen) atoms. The number of carbonyl (C=O) groups excluding carboxylic acids is 3. The topological polar surface area (TPSA) is 80.7 Å². The van der Waals surface area contributed by atoms with E-state index in [2.05, 4.69) is 27.4 Å². The second-order valence-corrected chi connectivity index (χ2v) is 12.6. The maximum Gasteiger partial charge on any atom is 0.312 e. The number of aliphatic hydroxyl groups is 1. The minimum Gasteiger partial charge on any atom is -0.469 e. The van der Waals surface area contributed by atoms with Crippen LogP contribution in [0.5, 0.6) is 0 Å². The molecule has 0 heterocycles. The highest BCUT2D eigenvalue weighted by atomic mass is 16.5. The summed E-state index contributed by atoms with van der Waals surface area (Å²) in [5.74, 6) is 0.864. The van der Waals surface area contributed by atoms with Crippen molar-refractivity contribution in [3.63, 3.8) is 0 Å². The van der Waals surface area contributed by atoms with Gasteiger partial charge in [0.1, 0.15) is 5.78 Å².